The van der Waals surface area contributed by atoms with Crippen molar-refractivity contribution in [1.29, 1.82) is 0 Å². The predicted octanol–water partition coefficient (Wildman–Crippen LogP) is 1.89. The number of aryl methyl sites for hydroxylation is 2. The lowest BCUT2D eigenvalue weighted by Crippen LogP contribution is -2.13. The van der Waals surface area contributed by atoms with Gasteiger partial charge in [0, 0.05) is 18.4 Å². The smallest absolute Gasteiger partial charge is 0.263 e. The summed E-state index contributed by atoms with van der Waals surface area (Å²) in [4.78, 5) is 3.01. The number of benzene rings is 1. The summed E-state index contributed by atoms with van der Waals surface area (Å²) in [5, 5.41) is 0. The molecule has 0 bridgehead atoms. The minimum Gasteiger partial charge on any atom is -0.363 e. The summed E-state index contributed by atoms with van der Waals surface area (Å²) in [7, 11) is -3.57. The second-order valence-electron chi connectivity index (χ2n) is 4.49. The van der Waals surface area contributed by atoms with Crippen LogP contribution in [0.3, 0.4) is 0 Å². The first kappa shape index (κ1) is 13.6. The normalized spacial score (nSPS) is 11.5. The number of anilines is 1. The van der Waals surface area contributed by atoms with E-state index < -0.39 is 10.0 Å². The van der Waals surface area contributed by atoms with Crippen molar-refractivity contribution in [3.8, 4) is 0 Å². The molecule has 0 aliphatic heterocycles. The summed E-state index contributed by atoms with van der Waals surface area (Å²) in [6.45, 7) is 4.11. The van der Waals surface area contributed by atoms with Crippen LogP contribution >= 0.6 is 0 Å². The molecule has 0 spiro atoms. The molecule has 0 amide bonds. The van der Waals surface area contributed by atoms with E-state index in [1.165, 1.54) is 12.3 Å². The number of nitrogens with one attached hydrogen (secondary N) is 2. The summed E-state index contributed by atoms with van der Waals surface area (Å²) < 4.78 is 27.0. The van der Waals surface area contributed by atoms with Crippen LogP contribution in [-0.2, 0) is 16.6 Å². The first-order valence-electron chi connectivity index (χ1n) is 5.90. The molecule has 19 heavy (non-hydrogen) atoms. The molecule has 1 aromatic heterocycles. The number of nitrogens with two attached hydrogens (primary N) is 1. The van der Waals surface area contributed by atoms with E-state index >= 15 is 0 Å². The van der Waals surface area contributed by atoms with Crippen molar-refractivity contribution in [2.75, 3.05) is 4.72 Å². The van der Waals surface area contributed by atoms with Crippen molar-refractivity contribution in [1.82, 2.24) is 4.98 Å². The van der Waals surface area contributed by atoms with Crippen LogP contribution in [0.1, 0.15) is 16.8 Å². The third-order valence-electron chi connectivity index (χ3n) is 2.87. The second kappa shape index (κ2) is 5.07. The van der Waals surface area contributed by atoms with E-state index in [0.717, 1.165) is 11.1 Å². The molecular weight excluding hydrogens is 262 g/mol. The molecular formula is C13H17N3O2S. The Hall–Kier alpha value is -1.79. The molecule has 0 fully saturated rings. The standard InChI is InChI=1S/C13H17N3O2S/c1-9-3-4-13(10(2)5-9)16-19(17,18)12-6-11(7-14)15-8-12/h3-6,8,15-16H,7,14H2,1-2H3. The Morgan fingerprint density at radius 2 is 2.00 bits per heavy atom. The Balaban J connectivity index is 2.30. The van der Waals surface area contributed by atoms with Crippen LogP contribution in [0.5, 0.6) is 0 Å². The van der Waals surface area contributed by atoms with Crippen LogP contribution in [0.2, 0.25) is 0 Å². The highest BCUT2D eigenvalue weighted by molar-refractivity contribution is 7.92. The molecule has 0 unspecified atom stereocenters. The molecule has 1 heterocycles. The predicted molar refractivity (Wildman–Crippen MR) is 75.4 cm³/mol. The fourth-order valence-electron chi connectivity index (χ4n) is 1.82. The van der Waals surface area contributed by atoms with Gasteiger partial charge in [0.15, 0.2) is 0 Å². The number of hydrogen-bond acceptors (Lipinski definition) is 3. The van der Waals surface area contributed by atoms with E-state index in [-0.39, 0.29) is 11.4 Å². The number of aromatic amines is 1. The summed E-state index contributed by atoms with van der Waals surface area (Å²) in [6, 6.07) is 7.10. The first-order chi connectivity index (χ1) is 8.92. The third kappa shape index (κ3) is 2.97. The van der Waals surface area contributed by atoms with Gasteiger partial charge < -0.3 is 10.7 Å². The SMILES string of the molecule is Cc1ccc(NS(=O)(=O)c2c[nH]c(CN)c2)c(C)c1. The molecule has 1 aromatic carbocycles. The van der Waals surface area contributed by atoms with Crippen LogP contribution in [0.15, 0.2) is 35.4 Å². The highest BCUT2D eigenvalue weighted by atomic mass is 32.2. The zero-order valence-electron chi connectivity index (χ0n) is 10.9. The topological polar surface area (TPSA) is 88.0 Å². The molecule has 102 valence electrons. The average molecular weight is 279 g/mol. The summed E-state index contributed by atoms with van der Waals surface area (Å²) >= 11 is 0. The molecule has 0 aliphatic carbocycles. The molecule has 0 saturated heterocycles. The van der Waals surface area contributed by atoms with Crippen LogP contribution < -0.4 is 10.5 Å². The highest BCUT2D eigenvalue weighted by Crippen LogP contribution is 2.21. The van der Waals surface area contributed by atoms with Crippen molar-refractivity contribution in [3.63, 3.8) is 0 Å². The number of rotatable bonds is 4. The molecule has 0 aliphatic rings. The van der Waals surface area contributed by atoms with Crippen LogP contribution in [0.25, 0.3) is 0 Å². The van der Waals surface area contributed by atoms with Gasteiger partial charge in [-0.25, -0.2) is 8.42 Å². The van der Waals surface area contributed by atoms with E-state index in [1.54, 1.807) is 6.07 Å². The van der Waals surface area contributed by atoms with Crippen molar-refractivity contribution in [2.45, 2.75) is 25.3 Å². The maximum absolute atomic E-state index is 12.2. The Bertz CT molecular complexity index is 690. The third-order valence-corrected chi connectivity index (χ3v) is 4.22. The zero-order chi connectivity index (χ0) is 14.0. The Morgan fingerprint density at radius 1 is 1.26 bits per heavy atom. The van der Waals surface area contributed by atoms with Crippen molar-refractivity contribution >= 4 is 15.7 Å². The lowest BCUT2D eigenvalue weighted by Gasteiger charge is -2.09. The van der Waals surface area contributed by atoms with Crippen LogP contribution in [0.4, 0.5) is 5.69 Å². The summed E-state index contributed by atoms with van der Waals surface area (Å²) in [5.41, 5.74) is 8.70. The fraction of sp³-hybridized carbons (Fsp3) is 0.231. The van der Waals surface area contributed by atoms with Crippen LogP contribution in [-0.4, -0.2) is 13.4 Å². The van der Waals surface area contributed by atoms with Gasteiger partial charge in [0.1, 0.15) is 4.90 Å². The van der Waals surface area contributed by atoms with Gasteiger partial charge in [0.2, 0.25) is 0 Å². The number of aromatic nitrogens is 1. The lowest BCUT2D eigenvalue weighted by atomic mass is 10.1. The molecule has 0 atom stereocenters. The maximum atomic E-state index is 12.2. The van der Waals surface area contributed by atoms with Gasteiger partial charge >= 0.3 is 0 Å². The monoisotopic (exact) mass is 279 g/mol. The average Bonchev–Trinajstić information content (AvgIpc) is 2.82. The zero-order valence-corrected chi connectivity index (χ0v) is 11.7. The first-order valence-corrected chi connectivity index (χ1v) is 7.38. The van der Waals surface area contributed by atoms with Crippen molar-refractivity contribution in [2.24, 2.45) is 5.73 Å². The molecule has 6 heteroatoms. The number of hydrogen-bond donors (Lipinski definition) is 3. The molecule has 5 nitrogen and oxygen atoms in total. The minimum absolute atomic E-state index is 0.188. The van der Waals surface area contributed by atoms with Gasteiger partial charge in [-0.15, -0.1) is 0 Å². The second-order valence-corrected chi connectivity index (χ2v) is 6.17. The van der Waals surface area contributed by atoms with E-state index in [0.29, 0.717) is 11.4 Å². The summed E-state index contributed by atoms with van der Waals surface area (Å²) in [5.74, 6) is 0. The van der Waals surface area contributed by atoms with Crippen LogP contribution in [0, 0.1) is 13.8 Å². The minimum atomic E-state index is -3.57. The van der Waals surface area contributed by atoms with Gasteiger partial charge in [-0.3, -0.25) is 4.72 Å². The van der Waals surface area contributed by atoms with Crippen molar-refractivity contribution in [3.05, 3.63) is 47.3 Å². The molecule has 2 rings (SSSR count). The van der Waals surface area contributed by atoms with E-state index in [1.807, 2.05) is 26.0 Å². The Morgan fingerprint density at radius 3 is 2.58 bits per heavy atom. The van der Waals surface area contributed by atoms with Gasteiger partial charge in [0.25, 0.3) is 10.0 Å². The fourth-order valence-corrected chi connectivity index (χ4v) is 2.97. The molecule has 0 saturated carbocycles. The molecule has 0 radical (unpaired) electrons. The van der Waals surface area contributed by atoms with Gasteiger partial charge in [-0.2, -0.15) is 0 Å². The number of H-pyrrole nitrogens is 1. The van der Waals surface area contributed by atoms with Gasteiger partial charge in [0.05, 0.1) is 5.69 Å². The summed E-state index contributed by atoms with van der Waals surface area (Å²) in [6.07, 6.45) is 1.44. The molecule has 4 N–H and O–H groups in total. The Labute approximate surface area is 112 Å². The Kier molecular flexibility index (Phi) is 3.64. The van der Waals surface area contributed by atoms with E-state index in [4.69, 9.17) is 5.73 Å². The van der Waals surface area contributed by atoms with E-state index in [2.05, 4.69) is 9.71 Å². The lowest BCUT2D eigenvalue weighted by molar-refractivity contribution is 0.601. The highest BCUT2D eigenvalue weighted by Gasteiger charge is 2.16. The van der Waals surface area contributed by atoms with E-state index in [9.17, 15) is 8.42 Å². The van der Waals surface area contributed by atoms with Crippen molar-refractivity contribution < 1.29 is 8.42 Å². The van der Waals surface area contributed by atoms with Gasteiger partial charge in [-0.05, 0) is 31.5 Å². The molecule has 2 aromatic rings. The quantitative estimate of drug-likeness (QED) is 0.798. The maximum Gasteiger partial charge on any atom is 0.263 e. The van der Waals surface area contributed by atoms with Gasteiger partial charge in [-0.1, -0.05) is 17.7 Å². The number of sulfonamides is 1. The largest absolute Gasteiger partial charge is 0.363 e.